The van der Waals surface area contributed by atoms with Gasteiger partial charge in [-0.25, -0.2) is 0 Å². The molecule has 1 aromatic rings. The van der Waals surface area contributed by atoms with Gasteiger partial charge >= 0.3 is 0 Å². The summed E-state index contributed by atoms with van der Waals surface area (Å²) < 4.78 is 1.02. The van der Waals surface area contributed by atoms with Crippen LogP contribution < -0.4 is 0 Å². The quantitative estimate of drug-likeness (QED) is 0.660. The van der Waals surface area contributed by atoms with E-state index in [9.17, 15) is 5.11 Å². The van der Waals surface area contributed by atoms with Crippen molar-refractivity contribution in [2.45, 2.75) is 19.1 Å². The molecule has 1 unspecified atom stereocenters. The molecule has 1 aliphatic rings. The molecule has 0 amide bonds. The minimum absolute atomic E-state index is 0.133. The van der Waals surface area contributed by atoms with Crippen molar-refractivity contribution in [3.63, 3.8) is 0 Å². The Kier molecular flexibility index (Phi) is 3.35. The van der Waals surface area contributed by atoms with Gasteiger partial charge < -0.3 is 5.11 Å². The first kappa shape index (κ1) is 10.3. The van der Waals surface area contributed by atoms with Crippen molar-refractivity contribution in [2.24, 2.45) is 0 Å². The summed E-state index contributed by atoms with van der Waals surface area (Å²) in [5.74, 6) is 0. The zero-order chi connectivity index (χ0) is 9.97. The number of aliphatic hydroxyl groups excluding tert-OH is 1. The summed E-state index contributed by atoms with van der Waals surface area (Å²) in [6.07, 6.45) is 2.68. The summed E-state index contributed by atoms with van der Waals surface area (Å²) in [6.45, 7) is 2.69. The number of hydrogen-bond donors (Lipinski definition) is 1. The van der Waals surface area contributed by atoms with E-state index in [0.29, 0.717) is 0 Å². The van der Waals surface area contributed by atoms with E-state index in [2.05, 4.69) is 38.5 Å². The molecular weight excluding hydrogens is 291 g/mol. The molecule has 0 spiro atoms. The van der Waals surface area contributed by atoms with Crippen LogP contribution in [0.1, 0.15) is 12.0 Å². The van der Waals surface area contributed by atoms with Crippen LogP contribution >= 0.6 is 22.6 Å². The topological polar surface area (TPSA) is 36.4 Å². The molecule has 3 nitrogen and oxygen atoms in total. The number of β-amino-alcohol motifs (C(OH)–C–C–N with tert-alkyl or cyclic N) is 1. The van der Waals surface area contributed by atoms with Gasteiger partial charge in [0.25, 0.3) is 0 Å². The molecule has 0 radical (unpaired) electrons. The smallest absolute Gasteiger partial charge is 0.101 e. The standard InChI is InChI=1S/C10H13IN2O/c11-10-2-1-8(5-12-10)6-13-4-3-9(14)7-13/h1-2,5,9,14H,3-4,6-7H2. The van der Waals surface area contributed by atoms with E-state index < -0.39 is 0 Å². The van der Waals surface area contributed by atoms with E-state index in [1.807, 2.05) is 12.3 Å². The van der Waals surface area contributed by atoms with Gasteiger partial charge in [0.1, 0.15) is 3.70 Å². The highest BCUT2D eigenvalue weighted by Crippen LogP contribution is 2.13. The largest absolute Gasteiger partial charge is 0.392 e. The van der Waals surface area contributed by atoms with Gasteiger partial charge in [-0.15, -0.1) is 0 Å². The molecule has 1 aromatic heterocycles. The summed E-state index contributed by atoms with van der Waals surface area (Å²) in [7, 11) is 0. The number of rotatable bonds is 2. The number of nitrogens with zero attached hydrogens (tertiary/aromatic N) is 2. The summed E-state index contributed by atoms with van der Waals surface area (Å²) in [5.41, 5.74) is 1.22. The molecule has 1 fully saturated rings. The fourth-order valence-corrected chi connectivity index (χ4v) is 2.03. The van der Waals surface area contributed by atoms with Crippen LogP contribution in [0.4, 0.5) is 0 Å². The SMILES string of the molecule is OC1CCN(Cc2ccc(I)nc2)C1. The zero-order valence-electron chi connectivity index (χ0n) is 7.86. The van der Waals surface area contributed by atoms with Gasteiger partial charge in [0.05, 0.1) is 6.10 Å². The normalized spacial score (nSPS) is 22.9. The third kappa shape index (κ3) is 2.65. The third-order valence-electron chi connectivity index (χ3n) is 2.44. The second-order valence-electron chi connectivity index (χ2n) is 3.67. The van der Waals surface area contributed by atoms with Crippen LogP contribution in [0.15, 0.2) is 18.3 Å². The van der Waals surface area contributed by atoms with Crippen LogP contribution in [0, 0.1) is 3.70 Å². The minimum Gasteiger partial charge on any atom is -0.392 e. The molecule has 2 rings (SSSR count). The molecule has 1 atom stereocenters. The fourth-order valence-electron chi connectivity index (χ4n) is 1.71. The predicted octanol–water partition coefficient (Wildman–Crippen LogP) is 1.25. The number of halogens is 1. The van der Waals surface area contributed by atoms with Crippen molar-refractivity contribution in [2.75, 3.05) is 13.1 Å². The van der Waals surface area contributed by atoms with Crippen LogP contribution in [0.5, 0.6) is 0 Å². The average Bonchev–Trinajstić information content (AvgIpc) is 2.56. The lowest BCUT2D eigenvalue weighted by Crippen LogP contribution is -2.21. The molecule has 1 aliphatic heterocycles. The molecule has 4 heteroatoms. The number of pyridine rings is 1. The van der Waals surface area contributed by atoms with Crippen LogP contribution in [0.2, 0.25) is 0 Å². The second kappa shape index (κ2) is 4.55. The zero-order valence-corrected chi connectivity index (χ0v) is 10.0. The summed E-state index contributed by atoms with van der Waals surface area (Å²) in [4.78, 5) is 6.50. The van der Waals surface area contributed by atoms with Crippen molar-refractivity contribution >= 4 is 22.6 Å². The Balaban J connectivity index is 1.94. The maximum absolute atomic E-state index is 9.36. The number of hydrogen-bond acceptors (Lipinski definition) is 3. The van der Waals surface area contributed by atoms with E-state index in [0.717, 1.165) is 29.8 Å². The van der Waals surface area contributed by atoms with E-state index in [1.54, 1.807) is 0 Å². The molecule has 0 bridgehead atoms. The Morgan fingerprint density at radius 3 is 3.00 bits per heavy atom. The summed E-state index contributed by atoms with van der Waals surface area (Å²) in [6, 6.07) is 4.11. The van der Waals surface area contributed by atoms with Crippen molar-refractivity contribution < 1.29 is 5.11 Å². The molecule has 76 valence electrons. The van der Waals surface area contributed by atoms with E-state index in [4.69, 9.17) is 0 Å². The number of likely N-dealkylation sites (tertiary alicyclic amines) is 1. The van der Waals surface area contributed by atoms with Gasteiger partial charge in [-0.05, 0) is 40.6 Å². The van der Waals surface area contributed by atoms with Crippen LogP contribution in [-0.2, 0) is 6.54 Å². The molecule has 0 saturated carbocycles. The highest BCUT2D eigenvalue weighted by atomic mass is 127. The van der Waals surface area contributed by atoms with Gasteiger partial charge in [-0.3, -0.25) is 9.88 Å². The van der Waals surface area contributed by atoms with E-state index in [1.165, 1.54) is 5.56 Å². The van der Waals surface area contributed by atoms with Gasteiger partial charge in [0.15, 0.2) is 0 Å². The number of aromatic nitrogens is 1. The van der Waals surface area contributed by atoms with Gasteiger partial charge in [0, 0.05) is 25.8 Å². The Bertz CT molecular complexity index is 301. The Labute approximate surface area is 97.3 Å². The average molecular weight is 304 g/mol. The molecule has 0 aromatic carbocycles. The second-order valence-corrected chi connectivity index (χ2v) is 4.77. The minimum atomic E-state index is -0.133. The summed E-state index contributed by atoms with van der Waals surface area (Å²) >= 11 is 2.20. The Hall–Kier alpha value is -0.200. The first-order valence-electron chi connectivity index (χ1n) is 4.75. The Morgan fingerprint density at radius 1 is 1.57 bits per heavy atom. The lowest BCUT2D eigenvalue weighted by Gasteiger charge is -2.14. The predicted molar refractivity (Wildman–Crippen MR) is 62.9 cm³/mol. The lowest BCUT2D eigenvalue weighted by molar-refractivity contribution is 0.174. The van der Waals surface area contributed by atoms with Crippen LogP contribution in [0.25, 0.3) is 0 Å². The lowest BCUT2D eigenvalue weighted by atomic mass is 10.3. The molecule has 0 aliphatic carbocycles. The van der Waals surface area contributed by atoms with E-state index >= 15 is 0 Å². The molecule has 2 heterocycles. The maximum atomic E-state index is 9.36. The molecule has 14 heavy (non-hydrogen) atoms. The van der Waals surface area contributed by atoms with Gasteiger partial charge in [-0.2, -0.15) is 0 Å². The number of aliphatic hydroxyl groups is 1. The van der Waals surface area contributed by atoms with Crippen molar-refractivity contribution in [3.05, 3.63) is 27.6 Å². The maximum Gasteiger partial charge on any atom is 0.101 e. The van der Waals surface area contributed by atoms with Crippen LogP contribution in [0.3, 0.4) is 0 Å². The molecule has 1 N–H and O–H groups in total. The van der Waals surface area contributed by atoms with Crippen molar-refractivity contribution in [3.8, 4) is 0 Å². The highest BCUT2D eigenvalue weighted by molar-refractivity contribution is 14.1. The van der Waals surface area contributed by atoms with Crippen LogP contribution in [-0.4, -0.2) is 34.2 Å². The Morgan fingerprint density at radius 2 is 2.43 bits per heavy atom. The first-order valence-corrected chi connectivity index (χ1v) is 5.83. The van der Waals surface area contributed by atoms with Crippen molar-refractivity contribution in [1.82, 2.24) is 9.88 Å². The first-order chi connectivity index (χ1) is 6.74. The van der Waals surface area contributed by atoms with E-state index in [-0.39, 0.29) is 6.10 Å². The van der Waals surface area contributed by atoms with Gasteiger partial charge in [-0.1, -0.05) is 6.07 Å². The van der Waals surface area contributed by atoms with Gasteiger partial charge in [0.2, 0.25) is 0 Å². The molecular formula is C10H13IN2O. The third-order valence-corrected chi connectivity index (χ3v) is 3.08. The highest BCUT2D eigenvalue weighted by Gasteiger charge is 2.19. The van der Waals surface area contributed by atoms with Crippen molar-refractivity contribution in [1.29, 1.82) is 0 Å². The molecule has 1 saturated heterocycles. The summed E-state index contributed by atoms with van der Waals surface area (Å²) in [5, 5.41) is 9.36. The fraction of sp³-hybridized carbons (Fsp3) is 0.500. The monoisotopic (exact) mass is 304 g/mol.